The molecule has 0 saturated carbocycles. The number of fused-ring (bicyclic) bond motifs is 1. The minimum absolute atomic E-state index is 0.0859. The van der Waals surface area contributed by atoms with Crippen LogP contribution in [0.5, 0.6) is 0 Å². The quantitative estimate of drug-likeness (QED) is 0.688. The lowest BCUT2D eigenvalue weighted by Gasteiger charge is -2.26. The molecule has 1 fully saturated rings. The molecule has 2 amide bonds. The van der Waals surface area contributed by atoms with Crippen LogP contribution in [-0.2, 0) is 14.9 Å². The molecule has 2 aromatic carbocycles. The number of benzene rings is 2. The molecule has 0 spiro atoms. The Morgan fingerprint density at radius 2 is 1.53 bits per heavy atom. The summed E-state index contributed by atoms with van der Waals surface area (Å²) in [5.74, 6) is -3.78. The van der Waals surface area contributed by atoms with Gasteiger partial charge in [-0.05, 0) is 43.2 Å². The Morgan fingerprint density at radius 3 is 2.13 bits per heavy atom. The predicted octanol–water partition coefficient (Wildman–Crippen LogP) is 2.37. The Hall–Kier alpha value is -3.11. The van der Waals surface area contributed by atoms with Crippen LogP contribution in [0.25, 0.3) is 0 Å². The van der Waals surface area contributed by atoms with Gasteiger partial charge < -0.3 is 4.84 Å². The van der Waals surface area contributed by atoms with Crippen LogP contribution >= 0.6 is 0 Å². The van der Waals surface area contributed by atoms with Gasteiger partial charge in [0, 0.05) is 13.1 Å². The van der Waals surface area contributed by atoms with Gasteiger partial charge in [0.2, 0.25) is 10.0 Å². The SMILES string of the molecule is O=C(ON1C(=O)c2ccccc2C1=O)c1ccc(F)c(S(=O)(=O)N2CCCCC2)c1. The topological polar surface area (TPSA) is 101 Å². The number of carbonyl (C=O) groups excluding carboxylic acids is 3. The monoisotopic (exact) mass is 432 g/mol. The molecule has 156 valence electrons. The lowest BCUT2D eigenvalue weighted by atomic mass is 10.1. The van der Waals surface area contributed by atoms with Gasteiger partial charge in [-0.3, -0.25) is 9.59 Å². The zero-order valence-corrected chi connectivity index (χ0v) is 16.5. The second kappa shape index (κ2) is 7.62. The van der Waals surface area contributed by atoms with E-state index < -0.39 is 38.5 Å². The van der Waals surface area contributed by atoms with Crippen LogP contribution in [0.15, 0.2) is 47.4 Å². The molecular weight excluding hydrogens is 415 g/mol. The zero-order valence-electron chi connectivity index (χ0n) is 15.7. The van der Waals surface area contributed by atoms with Crippen molar-refractivity contribution in [3.8, 4) is 0 Å². The van der Waals surface area contributed by atoms with Crippen LogP contribution in [-0.4, -0.2) is 48.7 Å². The molecule has 10 heteroatoms. The molecule has 2 heterocycles. The number of halogens is 1. The number of rotatable bonds is 4. The Morgan fingerprint density at radius 1 is 0.933 bits per heavy atom. The van der Waals surface area contributed by atoms with E-state index in [4.69, 9.17) is 4.84 Å². The van der Waals surface area contributed by atoms with Crippen LogP contribution in [0, 0.1) is 5.82 Å². The third-order valence-electron chi connectivity index (χ3n) is 5.03. The van der Waals surface area contributed by atoms with Gasteiger partial charge in [0.05, 0.1) is 16.7 Å². The average Bonchev–Trinajstić information content (AvgIpc) is 2.99. The van der Waals surface area contributed by atoms with Crippen molar-refractivity contribution in [1.82, 2.24) is 9.37 Å². The number of piperidine rings is 1. The fraction of sp³-hybridized carbons (Fsp3) is 0.250. The molecule has 0 aliphatic carbocycles. The van der Waals surface area contributed by atoms with E-state index in [1.807, 2.05) is 0 Å². The Bertz CT molecular complexity index is 1120. The standard InChI is InChI=1S/C20H17FN2O6S/c21-16-9-8-13(12-17(16)30(27,28)22-10-4-1-5-11-22)20(26)29-23-18(24)14-6-2-3-7-15(14)19(23)25/h2-3,6-9,12H,1,4-5,10-11H2. The highest BCUT2D eigenvalue weighted by molar-refractivity contribution is 7.89. The van der Waals surface area contributed by atoms with Crippen molar-refractivity contribution >= 4 is 27.8 Å². The summed E-state index contributed by atoms with van der Waals surface area (Å²) in [5.41, 5.74) is -0.130. The molecule has 0 N–H and O–H groups in total. The van der Waals surface area contributed by atoms with E-state index in [9.17, 15) is 27.2 Å². The molecule has 4 rings (SSSR count). The molecule has 1 saturated heterocycles. The third kappa shape index (κ3) is 3.37. The summed E-state index contributed by atoms with van der Waals surface area (Å²) in [6, 6.07) is 8.70. The summed E-state index contributed by atoms with van der Waals surface area (Å²) in [4.78, 5) is 41.4. The van der Waals surface area contributed by atoms with Gasteiger partial charge >= 0.3 is 5.97 Å². The maximum absolute atomic E-state index is 14.3. The first-order valence-electron chi connectivity index (χ1n) is 9.30. The number of nitrogens with zero attached hydrogens (tertiary/aromatic N) is 2. The molecule has 2 aliphatic rings. The van der Waals surface area contributed by atoms with Crippen LogP contribution in [0.1, 0.15) is 50.3 Å². The smallest absolute Gasteiger partial charge is 0.324 e. The van der Waals surface area contributed by atoms with E-state index >= 15 is 0 Å². The Labute approximate surface area is 171 Å². The second-order valence-electron chi connectivity index (χ2n) is 6.94. The largest absolute Gasteiger partial charge is 0.363 e. The number of hydroxylamine groups is 2. The second-order valence-corrected chi connectivity index (χ2v) is 8.85. The normalized spacial score (nSPS) is 17.2. The van der Waals surface area contributed by atoms with Gasteiger partial charge in [-0.15, -0.1) is 0 Å². The van der Waals surface area contributed by atoms with Crippen molar-refractivity contribution in [2.45, 2.75) is 24.2 Å². The number of hydrogen-bond donors (Lipinski definition) is 0. The number of sulfonamides is 1. The highest BCUT2D eigenvalue weighted by atomic mass is 32.2. The molecule has 0 unspecified atom stereocenters. The summed E-state index contributed by atoms with van der Waals surface area (Å²) in [7, 11) is -4.14. The van der Waals surface area contributed by atoms with Crippen molar-refractivity contribution in [3.05, 3.63) is 65.0 Å². The van der Waals surface area contributed by atoms with Crippen molar-refractivity contribution in [3.63, 3.8) is 0 Å². The molecule has 0 aromatic heterocycles. The van der Waals surface area contributed by atoms with E-state index in [1.165, 1.54) is 16.4 Å². The maximum atomic E-state index is 14.3. The first kappa shape index (κ1) is 20.2. The highest BCUT2D eigenvalue weighted by Crippen LogP contribution is 2.26. The van der Waals surface area contributed by atoms with Crippen LogP contribution in [0.2, 0.25) is 0 Å². The summed E-state index contributed by atoms with van der Waals surface area (Å²) in [5, 5.41) is 0.315. The molecule has 0 atom stereocenters. The minimum atomic E-state index is -4.14. The van der Waals surface area contributed by atoms with Crippen LogP contribution < -0.4 is 0 Å². The molecule has 2 aliphatic heterocycles. The Balaban J connectivity index is 1.60. The highest BCUT2D eigenvalue weighted by Gasteiger charge is 2.39. The van der Waals surface area contributed by atoms with E-state index in [-0.39, 0.29) is 29.8 Å². The van der Waals surface area contributed by atoms with E-state index in [0.29, 0.717) is 17.9 Å². The van der Waals surface area contributed by atoms with Crippen molar-refractivity contribution in [2.24, 2.45) is 0 Å². The van der Waals surface area contributed by atoms with Gasteiger partial charge in [0.25, 0.3) is 11.8 Å². The molecule has 0 radical (unpaired) electrons. The maximum Gasteiger partial charge on any atom is 0.363 e. The number of amides is 2. The molecule has 2 aromatic rings. The predicted molar refractivity (Wildman–Crippen MR) is 101 cm³/mol. The zero-order chi connectivity index (χ0) is 21.5. The molecule has 30 heavy (non-hydrogen) atoms. The van der Waals surface area contributed by atoms with E-state index in [0.717, 1.165) is 24.6 Å². The number of hydrogen-bond acceptors (Lipinski definition) is 6. The first-order valence-corrected chi connectivity index (χ1v) is 10.7. The van der Waals surface area contributed by atoms with Gasteiger partial charge in [0.1, 0.15) is 10.7 Å². The van der Waals surface area contributed by atoms with Crippen molar-refractivity contribution < 1.29 is 32.0 Å². The minimum Gasteiger partial charge on any atom is -0.324 e. The van der Waals surface area contributed by atoms with Gasteiger partial charge in [-0.2, -0.15) is 4.31 Å². The van der Waals surface area contributed by atoms with Gasteiger partial charge in [-0.25, -0.2) is 17.6 Å². The molecule has 8 nitrogen and oxygen atoms in total. The molecular formula is C20H17FN2O6S. The Kier molecular flexibility index (Phi) is 5.12. The lowest BCUT2D eigenvalue weighted by Crippen LogP contribution is -2.36. The van der Waals surface area contributed by atoms with Crippen LogP contribution in [0.3, 0.4) is 0 Å². The molecule has 0 bridgehead atoms. The summed E-state index contributed by atoms with van der Waals surface area (Å²) in [6.45, 7) is 0.539. The van der Waals surface area contributed by atoms with Crippen molar-refractivity contribution in [1.29, 1.82) is 0 Å². The number of imide groups is 1. The summed E-state index contributed by atoms with van der Waals surface area (Å²) in [6.07, 6.45) is 2.23. The van der Waals surface area contributed by atoms with Crippen molar-refractivity contribution in [2.75, 3.05) is 13.1 Å². The van der Waals surface area contributed by atoms with Gasteiger partial charge in [-0.1, -0.05) is 23.6 Å². The summed E-state index contributed by atoms with van der Waals surface area (Å²) >= 11 is 0. The third-order valence-corrected chi connectivity index (χ3v) is 6.94. The van der Waals surface area contributed by atoms with Crippen LogP contribution in [0.4, 0.5) is 4.39 Å². The fourth-order valence-corrected chi connectivity index (χ4v) is 5.07. The first-order chi connectivity index (χ1) is 14.3. The number of carbonyl (C=O) groups is 3. The van der Waals surface area contributed by atoms with E-state index in [1.54, 1.807) is 12.1 Å². The summed E-state index contributed by atoms with van der Waals surface area (Å²) < 4.78 is 41.1. The fourth-order valence-electron chi connectivity index (χ4n) is 3.46. The van der Waals surface area contributed by atoms with Gasteiger partial charge in [0.15, 0.2) is 0 Å². The van der Waals surface area contributed by atoms with E-state index in [2.05, 4.69) is 0 Å². The average molecular weight is 432 g/mol. The lowest BCUT2D eigenvalue weighted by molar-refractivity contribution is -0.0584.